The fourth-order valence-corrected chi connectivity index (χ4v) is 1.45. The van der Waals surface area contributed by atoms with E-state index in [9.17, 15) is 9.59 Å². The molecule has 1 aromatic heterocycles. The molecule has 0 saturated carbocycles. The Morgan fingerprint density at radius 3 is 2.63 bits per heavy atom. The van der Waals surface area contributed by atoms with Gasteiger partial charge in [0.05, 0.1) is 6.54 Å². The van der Waals surface area contributed by atoms with E-state index in [2.05, 4.69) is 20.8 Å². The molecule has 0 unspecified atom stereocenters. The van der Waals surface area contributed by atoms with Gasteiger partial charge < -0.3 is 20.3 Å². The molecule has 1 rings (SSSR count). The molecule has 19 heavy (non-hydrogen) atoms. The predicted molar refractivity (Wildman–Crippen MR) is 65.3 cm³/mol. The highest BCUT2D eigenvalue weighted by atomic mass is 16.5. The van der Waals surface area contributed by atoms with Gasteiger partial charge >= 0.3 is 12.0 Å². The van der Waals surface area contributed by atoms with Crippen molar-refractivity contribution in [3.8, 4) is 0 Å². The maximum Gasteiger partial charge on any atom is 0.326 e. The Bertz CT molecular complexity index is 446. The first-order chi connectivity index (χ1) is 8.93. The maximum absolute atomic E-state index is 11.6. The van der Waals surface area contributed by atoms with Crippen LogP contribution in [0.15, 0.2) is 4.52 Å². The second kappa shape index (κ2) is 6.72. The molecular weight excluding hydrogens is 252 g/mol. The van der Waals surface area contributed by atoms with Crippen molar-refractivity contribution < 1.29 is 19.2 Å². The number of urea groups is 1. The molecule has 0 spiro atoms. The van der Waals surface area contributed by atoms with Crippen LogP contribution < -0.4 is 10.6 Å². The van der Waals surface area contributed by atoms with Gasteiger partial charge in [0.25, 0.3) is 0 Å². The third kappa shape index (κ3) is 4.57. The second-order valence-electron chi connectivity index (χ2n) is 4.26. The molecule has 0 bridgehead atoms. The van der Waals surface area contributed by atoms with E-state index in [-0.39, 0.29) is 12.5 Å². The van der Waals surface area contributed by atoms with Gasteiger partial charge in [-0.25, -0.2) is 9.59 Å². The van der Waals surface area contributed by atoms with E-state index in [4.69, 9.17) is 9.63 Å². The van der Waals surface area contributed by atoms with E-state index in [1.807, 2.05) is 6.92 Å². The highest BCUT2D eigenvalue weighted by Crippen LogP contribution is 2.07. The maximum atomic E-state index is 11.6. The topological polar surface area (TPSA) is 117 Å². The summed E-state index contributed by atoms with van der Waals surface area (Å²) in [5.74, 6) is -0.473. The quantitative estimate of drug-likeness (QED) is 0.699. The number of carboxylic acids is 1. The standard InChI is InChI=1S/C11H18N4O4/c1-4-6(2)9(10(16)17)14-11(18)12-5-8-13-7(3)19-15-8/h6,9H,4-5H2,1-3H3,(H,16,17)(H2,12,14,18)/t6-,9-/m0/s1. The molecule has 0 radical (unpaired) electrons. The number of hydrogen-bond donors (Lipinski definition) is 3. The molecule has 1 heterocycles. The molecule has 1 aromatic rings. The molecular formula is C11H18N4O4. The largest absolute Gasteiger partial charge is 0.480 e. The number of carboxylic acid groups (broad SMARTS) is 1. The zero-order valence-corrected chi connectivity index (χ0v) is 11.1. The van der Waals surface area contributed by atoms with Gasteiger partial charge in [0, 0.05) is 6.92 Å². The lowest BCUT2D eigenvalue weighted by atomic mass is 9.99. The smallest absolute Gasteiger partial charge is 0.326 e. The van der Waals surface area contributed by atoms with E-state index in [1.54, 1.807) is 13.8 Å². The Morgan fingerprint density at radius 1 is 1.47 bits per heavy atom. The molecule has 2 amide bonds. The number of aromatic nitrogens is 2. The summed E-state index contributed by atoms with van der Waals surface area (Å²) in [6.07, 6.45) is 0.654. The molecule has 8 nitrogen and oxygen atoms in total. The number of nitrogens with zero attached hydrogens (tertiary/aromatic N) is 2. The van der Waals surface area contributed by atoms with Gasteiger partial charge in [-0.1, -0.05) is 25.4 Å². The first-order valence-corrected chi connectivity index (χ1v) is 6.00. The van der Waals surface area contributed by atoms with Crippen molar-refractivity contribution in [3.63, 3.8) is 0 Å². The summed E-state index contributed by atoms with van der Waals surface area (Å²) >= 11 is 0. The fraction of sp³-hybridized carbons (Fsp3) is 0.636. The van der Waals surface area contributed by atoms with Gasteiger partial charge in [-0.2, -0.15) is 4.98 Å². The highest BCUT2D eigenvalue weighted by molar-refractivity contribution is 5.82. The third-order valence-corrected chi connectivity index (χ3v) is 2.74. The summed E-state index contributed by atoms with van der Waals surface area (Å²) in [5.41, 5.74) is 0. The van der Waals surface area contributed by atoms with Crippen LogP contribution in [0, 0.1) is 12.8 Å². The molecule has 0 aliphatic heterocycles. The summed E-state index contributed by atoms with van der Waals surface area (Å²) in [5, 5.41) is 17.5. The van der Waals surface area contributed by atoms with Gasteiger partial charge in [0.1, 0.15) is 6.04 Å². The number of hydrogen-bond acceptors (Lipinski definition) is 5. The number of carbonyl (C=O) groups excluding carboxylic acids is 1. The molecule has 106 valence electrons. The van der Waals surface area contributed by atoms with Crippen LogP contribution in [0.4, 0.5) is 4.79 Å². The first kappa shape index (κ1) is 14.9. The van der Waals surface area contributed by atoms with E-state index in [0.717, 1.165) is 0 Å². The Hall–Kier alpha value is -2.12. The van der Waals surface area contributed by atoms with Gasteiger partial charge in [0.15, 0.2) is 5.82 Å². The molecule has 0 aromatic carbocycles. The summed E-state index contributed by atoms with van der Waals surface area (Å²) in [6, 6.07) is -1.49. The van der Waals surface area contributed by atoms with Crippen molar-refractivity contribution in [2.75, 3.05) is 0 Å². The number of aliphatic carboxylic acids is 1. The number of nitrogens with one attached hydrogen (secondary N) is 2. The molecule has 0 aliphatic rings. The highest BCUT2D eigenvalue weighted by Gasteiger charge is 2.25. The normalized spacial score (nSPS) is 13.6. The average molecular weight is 270 g/mol. The molecule has 2 atom stereocenters. The van der Waals surface area contributed by atoms with Crippen molar-refractivity contribution >= 4 is 12.0 Å². The lowest BCUT2D eigenvalue weighted by Gasteiger charge is -2.20. The van der Waals surface area contributed by atoms with Gasteiger partial charge in [-0.3, -0.25) is 0 Å². The molecule has 0 aliphatic carbocycles. The minimum Gasteiger partial charge on any atom is -0.480 e. The number of amides is 2. The van der Waals surface area contributed by atoms with Crippen LogP contribution in [0.3, 0.4) is 0 Å². The minimum absolute atomic E-state index is 0.0794. The Morgan fingerprint density at radius 2 is 2.16 bits per heavy atom. The number of carbonyl (C=O) groups is 2. The van der Waals surface area contributed by atoms with Crippen molar-refractivity contribution in [2.45, 2.75) is 39.8 Å². The summed E-state index contributed by atoms with van der Waals surface area (Å²) in [4.78, 5) is 26.5. The van der Waals surface area contributed by atoms with Crippen LogP contribution in [-0.2, 0) is 11.3 Å². The van der Waals surface area contributed by atoms with Crippen LogP contribution in [-0.4, -0.2) is 33.3 Å². The van der Waals surface area contributed by atoms with E-state index in [1.165, 1.54) is 0 Å². The Balaban J connectivity index is 2.46. The van der Waals surface area contributed by atoms with Crippen LogP contribution in [0.1, 0.15) is 32.0 Å². The second-order valence-corrected chi connectivity index (χ2v) is 4.26. The van der Waals surface area contributed by atoms with E-state index >= 15 is 0 Å². The zero-order valence-electron chi connectivity index (χ0n) is 11.1. The van der Waals surface area contributed by atoms with Crippen LogP contribution >= 0.6 is 0 Å². The summed E-state index contributed by atoms with van der Waals surface area (Å²) < 4.78 is 4.74. The Labute approximate surface area is 110 Å². The third-order valence-electron chi connectivity index (χ3n) is 2.74. The molecule has 3 N–H and O–H groups in total. The summed E-state index contributed by atoms with van der Waals surface area (Å²) in [6.45, 7) is 5.35. The van der Waals surface area contributed by atoms with Crippen molar-refractivity contribution in [1.82, 2.24) is 20.8 Å². The number of aryl methyl sites for hydroxylation is 1. The van der Waals surface area contributed by atoms with Crippen LogP contribution in [0.5, 0.6) is 0 Å². The monoisotopic (exact) mass is 270 g/mol. The van der Waals surface area contributed by atoms with Crippen molar-refractivity contribution in [1.29, 1.82) is 0 Å². The fourth-order valence-electron chi connectivity index (χ4n) is 1.45. The van der Waals surface area contributed by atoms with E-state index in [0.29, 0.717) is 18.1 Å². The summed E-state index contributed by atoms with van der Waals surface area (Å²) in [7, 11) is 0. The molecule has 0 saturated heterocycles. The van der Waals surface area contributed by atoms with Crippen molar-refractivity contribution in [3.05, 3.63) is 11.7 Å². The number of rotatable bonds is 6. The SMILES string of the molecule is CC[C@H](C)[C@H](NC(=O)NCc1noc(C)n1)C(=O)O. The Kier molecular flexibility index (Phi) is 5.28. The zero-order chi connectivity index (χ0) is 14.4. The van der Waals surface area contributed by atoms with E-state index < -0.39 is 18.0 Å². The van der Waals surface area contributed by atoms with Gasteiger partial charge in [0.2, 0.25) is 5.89 Å². The average Bonchev–Trinajstić information content (AvgIpc) is 2.78. The lowest BCUT2D eigenvalue weighted by molar-refractivity contribution is -0.140. The van der Waals surface area contributed by atoms with Gasteiger partial charge in [-0.05, 0) is 5.92 Å². The first-order valence-electron chi connectivity index (χ1n) is 6.00. The van der Waals surface area contributed by atoms with Crippen molar-refractivity contribution in [2.24, 2.45) is 5.92 Å². The molecule has 8 heteroatoms. The van der Waals surface area contributed by atoms with Gasteiger partial charge in [-0.15, -0.1) is 0 Å². The molecule has 0 fully saturated rings. The van der Waals surface area contributed by atoms with Crippen LogP contribution in [0.2, 0.25) is 0 Å². The lowest BCUT2D eigenvalue weighted by Crippen LogP contribution is -2.48. The minimum atomic E-state index is -1.06. The van der Waals surface area contributed by atoms with Crippen LogP contribution in [0.25, 0.3) is 0 Å². The predicted octanol–water partition coefficient (Wildman–Crippen LogP) is 0.677.